The molecule has 158 valence electrons. The van der Waals surface area contributed by atoms with Gasteiger partial charge in [-0.05, 0) is 43.3 Å². The molecule has 31 heavy (non-hydrogen) atoms. The summed E-state index contributed by atoms with van der Waals surface area (Å²) in [7, 11) is 3.21. The number of halogens is 1. The maximum absolute atomic E-state index is 13.3. The molecule has 0 aliphatic carbocycles. The lowest BCUT2D eigenvalue weighted by atomic mass is 10.2. The summed E-state index contributed by atoms with van der Waals surface area (Å²) in [5, 5.41) is 0. The van der Waals surface area contributed by atoms with E-state index in [1.54, 1.807) is 37.3 Å². The number of rotatable bonds is 6. The maximum atomic E-state index is 13.3. The second-order valence-electron chi connectivity index (χ2n) is 6.92. The summed E-state index contributed by atoms with van der Waals surface area (Å²) in [5.41, 5.74) is 2.64. The predicted octanol–water partition coefficient (Wildman–Crippen LogP) is 4.57. The Labute approximate surface area is 178 Å². The first-order valence-electron chi connectivity index (χ1n) is 9.51. The zero-order valence-electron chi connectivity index (χ0n) is 17.3. The molecule has 0 saturated carbocycles. The van der Waals surface area contributed by atoms with E-state index < -0.39 is 11.8 Å². The SMILES string of the molecule is COC(=O)c1cccc(OCc2nc3ccc(Oc4ncc(F)cc4C)cc3n2C)c1. The minimum atomic E-state index is -0.424. The van der Waals surface area contributed by atoms with Gasteiger partial charge in [-0.25, -0.2) is 19.2 Å². The average molecular weight is 421 g/mol. The van der Waals surface area contributed by atoms with Gasteiger partial charge in [-0.1, -0.05) is 6.07 Å². The first-order valence-corrected chi connectivity index (χ1v) is 9.51. The summed E-state index contributed by atoms with van der Waals surface area (Å²) in [5.74, 6) is 1.32. The fraction of sp³-hybridized carbons (Fsp3) is 0.174. The van der Waals surface area contributed by atoms with Gasteiger partial charge in [0.15, 0.2) is 0 Å². The first-order chi connectivity index (χ1) is 14.9. The number of hydrogen-bond donors (Lipinski definition) is 0. The van der Waals surface area contributed by atoms with E-state index >= 15 is 0 Å². The van der Waals surface area contributed by atoms with Crippen LogP contribution < -0.4 is 9.47 Å². The Morgan fingerprint density at radius 2 is 1.97 bits per heavy atom. The molecule has 2 heterocycles. The van der Waals surface area contributed by atoms with Crippen LogP contribution >= 0.6 is 0 Å². The topological polar surface area (TPSA) is 75.5 Å². The molecule has 2 aromatic carbocycles. The van der Waals surface area contributed by atoms with Crippen LogP contribution in [-0.2, 0) is 18.4 Å². The highest BCUT2D eigenvalue weighted by molar-refractivity contribution is 5.89. The number of fused-ring (bicyclic) bond motifs is 1. The van der Waals surface area contributed by atoms with Crippen molar-refractivity contribution < 1.29 is 23.4 Å². The molecule has 4 aromatic rings. The number of aryl methyl sites for hydroxylation is 2. The highest BCUT2D eigenvalue weighted by Gasteiger charge is 2.12. The molecule has 0 aliphatic rings. The van der Waals surface area contributed by atoms with Gasteiger partial charge in [-0.3, -0.25) is 0 Å². The van der Waals surface area contributed by atoms with Crippen molar-refractivity contribution in [2.45, 2.75) is 13.5 Å². The molecular formula is C23H20FN3O4. The lowest BCUT2D eigenvalue weighted by Gasteiger charge is -2.08. The molecule has 0 atom stereocenters. The normalized spacial score (nSPS) is 10.8. The smallest absolute Gasteiger partial charge is 0.337 e. The molecule has 0 fully saturated rings. The Bertz CT molecular complexity index is 1270. The van der Waals surface area contributed by atoms with Gasteiger partial charge in [0.2, 0.25) is 5.88 Å². The number of imidazole rings is 1. The Balaban J connectivity index is 1.53. The minimum Gasteiger partial charge on any atom is -0.486 e. The number of carbonyl (C=O) groups is 1. The number of nitrogens with zero attached hydrogens (tertiary/aromatic N) is 3. The third-order valence-electron chi connectivity index (χ3n) is 4.78. The minimum absolute atomic E-state index is 0.213. The van der Waals surface area contributed by atoms with Crippen molar-refractivity contribution >= 4 is 17.0 Å². The number of hydrogen-bond acceptors (Lipinski definition) is 6. The van der Waals surface area contributed by atoms with Crippen LogP contribution in [0.2, 0.25) is 0 Å². The Morgan fingerprint density at radius 1 is 1.13 bits per heavy atom. The van der Waals surface area contributed by atoms with Crippen LogP contribution in [0.1, 0.15) is 21.7 Å². The quantitative estimate of drug-likeness (QED) is 0.425. The molecule has 0 radical (unpaired) electrons. The molecule has 4 rings (SSSR count). The van der Waals surface area contributed by atoms with Crippen LogP contribution in [0.5, 0.6) is 17.4 Å². The van der Waals surface area contributed by atoms with Crippen molar-refractivity contribution in [2.75, 3.05) is 7.11 Å². The van der Waals surface area contributed by atoms with Gasteiger partial charge in [0.25, 0.3) is 0 Å². The second-order valence-corrected chi connectivity index (χ2v) is 6.92. The molecule has 8 heteroatoms. The fourth-order valence-corrected chi connectivity index (χ4v) is 3.14. The van der Waals surface area contributed by atoms with Crippen molar-refractivity contribution in [3.63, 3.8) is 0 Å². The zero-order chi connectivity index (χ0) is 22.0. The van der Waals surface area contributed by atoms with E-state index in [0.29, 0.717) is 34.3 Å². The molecule has 0 saturated heterocycles. The van der Waals surface area contributed by atoms with E-state index in [0.717, 1.165) is 17.2 Å². The standard InChI is InChI=1S/C23H20FN3O4/c1-14-9-16(24)12-25-22(14)31-18-7-8-19-20(11-18)27(2)21(26-19)13-30-17-6-4-5-15(10-17)23(28)29-3/h4-12H,13H2,1-3H3. The summed E-state index contributed by atoms with van der Waals surface area (Å²) in [4.78, 5) is 20.3. The molecule has 0 aliphatic heterocycles. The molecule has 2 aromatic heterocycles. The van der Waals surface area contributed by atoms with Gasteiger partial charge >= 0.3 is 5.97 Å². The number of esters is 1. The van der Waals surface area contributed by atoms with Gasteiger partial charge in [-0.15, -0.1) is 0 Å². The third-order valence-corrected chi connectivity index (χ3v) is 4.78. The molecule has 7 nitrogen and oxygen atoms in total. The van der Waals surface area contributed by atoms with Gasteiger partial charge < -0.3 is 18.8 Å². The van der Waals surface area contributed by atoms with Crippen LogP contribution in [-0.4, -0.2) is 27.6 Å². The molecule has 0 spiro atoms. The number of aromatic nitrogens is 3. The van der Waals surface area contributed by atoms with E-state index in [9.17, 15) is 9.18 Å². The van der Waals surface area contributed by atoms with E-state index in [1.165, 1.54) is 13.2 Å². The summed E-state index contributed by atoms with van der Waals surface area (Å²) in [6.07, 6.45) is 1.12. The maximum Gasteiger partial charge on any atom is 0.337 e. The van der Waals surface area contributed by atoms with Gasteiger partial charge in [0, 0.05) is 18.7 Å². The summed E-state index contributed by atoms with van der Waals surface area (Å²) >= 11 is 0. The number of methoxy groups -OCH3 is 1. The van der Waals surface area contributed by atoms with Crippen LogP contribution in [0.25, 0.3) is 11.0 Å². The largest absolute Gasteiger partial charge is 0.486 e. The lowest BCUT2D eigenvalue weighted by molar-refractivity contribution is 0.0600. The Kier molecular flexibility index (Phi) is 5.53. The van der Waals surface area contributed by atoms with Crippen molar-refractivity contribution in [2.24, 2.45) is 7.05 Å². The number of carbonyl (C=O) groups excluding carboxylic acids is 1. The monoisotopic (exact) mass is 421 g/mol. The van der Waals surface area contributed by atoms with Gasteiger partial charge in [0.05, 0.1) is 29.9 Å². The third kappa shape index (κ3) is 4.32. The molecule has 0 unspecified atom stereocenters. The highest BCUT2D eigenvalue weighted by atomic mass is 19.1. The highest BCUT2D eigenvalue weighted by Crippen LogP contribution is 2.27. The molecule has 0 N–H and O–H groups in total. The van der Waals surface area contributed by atoms with Crippen molar-refractivity contribution in [3.05, 3.63) is 77.5 Å². The van der Waals surface area contributed by atoms with E-state index in [4.69, 9.17) is 14.2 Å². The second kappa shape index (κ2) is 8.43. The number of pyridine rings is 1. The number of ether oxygens (including phenoxy) is 3. The average Bonchev–Trinajstić information content (AvgIpc) is 3.09. The Morgan fingerprint density at radius 3 is 2.74 bits per heavy atom. The van der Waals surface area contributed by atoms with Gasteiger partial charge in [-0.2, -0.15) is 0 Å². The van der Waals surface area contributed by atoms with Crippen molar-refractivity contribution in [1.29, 1.82) is 0 Å². The summed E-state index contributed by atoms with van der Waals surface area (Å²) in [6, 6.07) is 13.6. The fourth-order valence-electron chi connectivity index (χ4n) is 3.14. The molecule has 0 bridgehead atoms. The van der Waals surface area contributed by atoms with E-state index in [1.807, 2.05) is 23.7 Å². The van der Waals surface area contributed by atoms with Crippen LogP contribution in [0.4, 0.5) is 4.39 Å². The van der Waals surface area contributed by atoms with Crippen molar-refractivity contribution in [3.8, 4) is 17.4 Å². The van der Waals surface area contributed by atoms with Gasteiger partial charge in [0.1, 0.15) is 29.7 Å². The first kappa shape index (κ1) is 20.3. The van der Waals surface area contributed by atoms with Crippen molar-refractivity contribution in [1.82, 2.24) is 14.5 Å². The summed E-state index contributed by atoms with van der Waals surface area (Å²) < 4.78 is 31.5. The zero-order valence-corrected chi connectivity index (χ0v) is 17.3. The van der Waals surface area contributed by atoms with E-state index in [-0.39, 0.29) is 6.61 Å². The van der Waals surface area contributed by atoms with E-state index in [2.05, 4.69) is 9.97 Å². The molecule has 0 amide bonds. The number of benzene rings is 2. The predicted molar refractivity (Wildman–Crippen MR) is 112 cm³/mol. The van der Waals surface area contributed by atoms with Crippen LogP contribution in [0, 0.1) is 12.7 Å². The van der Waals surface area contributed by atoms with Crippen LogP contribution in [0.3, 0.4) is 0 Å². The lowest BCUT2D eigenvalue weighted by Crippen LogP contribution is -2.05. The Hall–Kier alpha value is -3.94. The molecular weight excluding hydrogens is 401 g/mol. The summed E-state index contributed by atoms with van der Waals surface area (Å²) in [6.45, 7) is 1.95. The van der Waals surface area contributed by atoms with Crippen LogP contribution in [0.15, 0.2) is 54.7 Å².